The first-order valence-electron chi connectivity index (χ1n) is 27.9. The van der Waals surface area contributed by atoms with E-state index in [1.165, 1.54) is 212 Å². The molecule has 0 fully saturated rings. The molecule has 0 aliphatic carbocycles. The summed E-state index contributed by atoms with van der Waals surface area (Å²) >= 11 is 0. The van der Waals surface area contributed by atoms with Crippen LogP contribution in [0.5, 0.6) is 0 Å². The topological polar surface area (TPSA) is 78.9 Å². The Balaban J connectivity index is 4.25. The van der Waals surface area contributed by atoms with Crippen molar-refractivity contribution in [3.63, 3.8) is 0 Å². The fourth-order valence-electron chi connectivity index (χ4n) is 8.57. The second kappa shape index (κ2) is 50.4. The smallest absolute Gasteiger partial charge is 0.306 e. The molecule has 0 saturated heterocycles. The quantitative estimate of drug-likeness (QED) is 0.0344. The zero-order valence-corrected chi connectivity index (χ0v) is 42.3. The minimum absolute atomic E-state index is 0.0620. The van der Waals surface area contributed by atoms with Crippen molar-refractivity contribution >= 4 is 17.9 Å². The molecule has 1 atom stereocenters. The summed E-state index contributed by atoms with van der Waals surface area (Å²) in [6, 6.07) is 0. The standard InChI is InChI=1S/C56H108O6/c1-5-7-9-11-13-15-17-23-28-31-35-39-43-47-54(57)60-50-53(62-56(59)49-45-41-37-33-27-18-16-14-12-10-8-6-2)51-61-55(58)48-44-40-36-32-29-25-22-20-19-21-24-26-30-34-38-42-46-52(3)4/h52-53H,5-51H2,1-4H3/t53-/m0/s1. The Labute approximate surface area is 387 Å². The van der Waals surface area contributed by atoms with Crippen LogP contribution >= 0.6 is 0 Å². The van der Waals surface area contributed by atoms with Crippen molar-refractivity contribution in [2.45, 2.75) is 323 Å². The molecule has 0 amide bonds. The van der Waals surface area contributed by atoms with E-state index >= 15 is 0 Å². The van der Waals surface area contributed by atoms with E-state index in [0.717, 1.165) is 63.7 Å². The Morgan fingerprint density at radius 2 is 0.532 bits per heavy atom. The third kappa shape index (κ3) is 49.4. The Bertz CT molecular complexity index is 933. The SMILES string of the molecule is CCCCCCCCCCCCCCCC(=O)OC[C@@H](COC(=O)CCCCCCCCCCCCCCCCCCC(C)C)OC(=O)CCCCCCCCCCCCCC. The summed E-state index contributed by atoms with van der Waals surface area (Å²) in [5, 5.41) is 0. The first kappa shape index (κ1) is 60.4. The van der Waals surface area contributed by atoms with Gasteiger partial charge < -0.3 is 14.2 Å². The number of unbranched alkanes of at least 4 members (excludes halogenated alkanes) is 38. The molecule has 0 radical (unpaired) electrons. The Hall–Kier alpha value is -1.59. The normalized spacial score (nSPS) is 12.0. The van der Waals surface area contributed by atoms with Gasteiger partial charge in [0.05, 0.1) is 0 Å². The van der Waals surface area contributed by atoms with Crippen molar-refractivity contribution in [1.29, 1.82) is 0 Å². The van der Waals surface area contributed by atoms with Crippen LogP contribution in [0.15, 0.2) is 0 Å². The maximum Gasteiger partial charge on any atom is 0.306 e. The van der Waals surface area contributed by atoms with E-state index in [1.807, 2.05) is 0 Å². The predicted molar refractivity (Wildman–Crippen MR) is 266 cm³/mol. The average molecular weight is 877 g/mol. The molecule has 0 bridgehead atoms. The summed E-state index contributed by atoms with van der Waals surface area (Å²) in [4.78, 5) is 38.0. The van der Waals surface area contributed by atoms with Crippen molar-refractivity contribution in [2.75, 3.05) is 13.2 Å². The maximum atomic E-state index is 12.8. The number of rotatable bonds is 51. The van der Waals surface area contributed by atoms with Gasteiger partial charge in [-0.1, -0.05) is 278 Å². The number of ether oxygens (including phenoxy) is 3. The maximum absolute atomic E-state index is 12.8. The highest BCUT2D eigenvalue weighted by Gasteiger charge is 2.19. The van der Waals surface area contributed by atoms with Crippen molar-refractivity contribution in [3.05, 3.63) is 0 Å². The number of carbonyl (C=O) groups excluding carboxylic acids is 3. The van der Waals surface area contributed by atoms with E-state index in [2.05, 4.69) is 27.7 Å². The molecule has 0 aliphatic rings. The third-order valence-electron chi connectivity index (χ3n) is 12.8. The van der Waals surface area contributed by atoms with Crippen LogP contribution in [0, 0.1) is 5.92 Å². The van der Waals surface area contributed by atoms with Crippen molar-refractivity contribution in [3.8, 4) is 0 Å². The van der Waals surface area contributed by atoms with Gasteiger partial charge in [-0.05, 0) is 25.2 Å². The third-order valence-corrected chi connectivity index (χ3v) is 12.8. The average Bonchev–Trinajstić information content (AvgIpc) is 3.26. The van der Waals surface area contributed by atoms with E-state index in [4.69, 9.17) is 14.2 Å². The Morgan fingerprint density at radius 1 is 0.306 bits per heavy atom. The van der Waals surface area contributed by atoms with Gasteiger partial charge in [0.2, 0.25) is 0 Å². The zero-order valence-electron chi connectivity index (χ0n) is 42.3. The molecule has 62 heavy (non-hydrogen) atoms. The van der Waals surface area contributed by atoms with Gasteiger partial charge in [-0.25, -0.2) is 0 Å². The summed E-state index contributed by atoms with van der Waals surface area (Å²) in [6.07, 6.45) is 53.7. The summed E-state index contributed by atoms with van der Waals surface area (Å²) < 4.78 is 16.8. The molecule has 0 aromatic rings. The molecule has 0 aromatic carbocycles. The minimum Gasteiger partial charge on any atom is -0.462 e. The first-order valence-corrected chi connectivity index (χ1v) is 27.9. The fraction of sp³-hybridized carbons (Fsp3) is 0.946. The molecule has 368 valence electrons. The molecule has 0 saturated carbocycles. The second-order valence-corrected chi connectivity index (χ2v) is 19.7. The lowest BCUT2D eigenvalue weighted by atomic mass is 10.0. The molecule has 0 aliphatic heterocycles. The first-order chi connectivity index (χ1) is 30.4. The zero-order chi connectivity index (χ0) is 45.2. The number of esters is 3. The van der Waals surface area contributed by atoms with Gasteiger partial charge in [-0.2, -0.15) is 0 Å². The summed E-state index contributed by atoms with van der Waals surface area (Å²) in [6.45, 7) is 9.06. The monoisotopic (exact) mass is 877 g/mol. The lowest BCUT2D eigenvalue weighted by molar-refractivity contribution is -0.167. The largest absolute Gasteiger partial charge is 0.462 e. The number of hydrogen-bond acceptors (Lipinski definition) is 6. The van der Waals surface area contributed by atoms with Gasteiger partial charge in [0.1, 0.15) is 13.2 Å². The van der Waals surface area contributed by atoms with Crippen LogP contribution in [0.25, 0.3) is 0 Å². The van der Waals surface area contributed by atoms with Crippen LogP contribution in [-0.2, 0) is 28.6 Å². The molecular weight excluding hydrogens is 769 g/mol. The van der Waals surface area contributed by atoms with Crippen LogP contribution in [0.3, 0.4) is 0 Å². The minimum atomic E-state index is -0.760. The lowest BCUT2D eigenvalue weighted by Gasteiger charge is -2.18. The summed E-state index contributed by atoms with van der Waals surface area (Å²) in [5.41, 5.74) is 0. The van der Waals surface area contributed by atoms with E-state index in [0.29, 0.717) is 19.3 Å². The van der Waals surface area contributed by atoms with Gasteiger partial charge >= 0.3 is 17.9 Å². The highest BCUT2D eigenvalue weighted by atomic mass is 16.6. The van der Waals surface area contributed by atoms with Gasteiger partial charge in [0.15, 0.2) is 6.10 Å². The summed E-state index contributed by atoms with van der Waals surface area (Å²) in [5.74, 6) is 0.0146. The molecule has 0 heterocycles. The van der Waals surface area contributed by atoms with Gasteiger partial charge in [0.25, 0.3) is 0 Å². The van der Waals surface area contributed by atoms with Crippen molar-refractivity contribution in [2.24, 2.45) is 5.92 Å². The molecule has 0 rings (SSSR count). The molecular formula is C56H108O6. The van der Waals surface area contributed by atoms with Crippen molar-refractivity contribution < 1.29 is 28.6 Å². The van der Waals surface area contributed by atoms with E-state index in [-0.39, 0.29) is 31.1 Å². The number of carbonyl (C=O) groups is 3. The molecule has 0 aromatic heterocycles. The van der Waals surface area contributed by atoms with Crippen LogP contribution in [0.4, 0.5) is 0 Å². The fourth-order valence-corrected chi connectivity index (χ4v) is 8.57. The lowest BCUT2D eigenvalue weighted by Crippen LogP contribution is -2.30. The predicted octanol–water partition coefficient (Wildman–Crippen LogP) is 18.2. The van der Waals surface area contributed by atoms with E-state index < -0.39 is 6.10 Å². The highest BCUT2D eigenvalue weighted by Crippen LogP contribution is 2.18. The van der Waals surface area contributed by atoms with Crippen LogP contribution < -0.4 is 0 Å². The van der Waals surface area contributed by atoms with Gasteiger partial charge in [0, 0.05) is 19.3 Å². The molecule has 0 unspecified atom stereocenters. The van der Waals surface area contributed by atoms with Crippen LogP contribution in [0.2, 0.25) is 0 Å². The van der Waals surface area contributed by atoms with Gasteiger partial charge in [-0.15, -0.1) is 0 Å². The Kier molecular flexibility index (Phi) is 49.1. The molecule has 0 spiro atoms. The number of hydrogen-bond donors (Lipinski definition) is 0. The molecule has 0 N–H and O–H groups in total. The van der Waals surface area contributed by atoms with Crippen LogP contribution in [0.1, 0.15) is 317 Å². The van der Waals surface area contributed by atoms with Gasteiger partial charge in [-0.3, -0.25) is 14.4 Å². The van der Waals surface area contributed by atoms with Crippen LogP contribution in [-0.4, -0.2) is 37.2 Å². The highest BCUT2D eigenvalue weighted by molar-refractivity contribution is 5.71. The second-order valence-electron chi connectivity index (χ2n) is 19.7. The van der Waals surface area contributed by atoms with Crippen molar-refractivity contribution in [1.82, 2.24) is 0 Å². The molecule has 6 heteroatoms. The van der Waals surface area contributed by atoms with E-state index in [9.17, 15) is 14.4 Å². The molecule has 6 nitrogen and oxygen atoms in total. The summed E-state index contributed by atoms with van der Waals surface area (Å²) in [7, 11) is 0. The van der Waals surface area contributed by atoms with E-state index in [1.54, 1.807) is 0 Å². The Morgan fingerprint density at radius 3 is 0.790 bits per heavy atom.